The summed E-state index contributed by atoms with van der Waals surface area (Å²) in [5.74, 6) is 0.107. The molecule has 0 atom stereocenters. The number of aryl methyl sites for hydroxylation is 2. The van der Waals surface area contributed by atoms with E-state index in [1.807, 2.05) is 13.0 Å². The molecule has 150 valence electrons. The van der Waals surface area contributed by atoms with Crippen LogP contribution < -0.4 is 10.1 Å². The number of benzene rings is 2. The Balaban J connectivity index is 1.55. The van der Waals surface area contributed by atoms with Crippen molar-refractivity contribution in [1.82, 2.24) is 9.80 Å². The molecule has 0 radical (unpaired) electrons. The highest BCUT2D eigenvalue weighted by Crippen LogP contribution is 2.28. The molecule has 1 N–H and O–H groups in total. The Morgan fingerprint density at radius 3 is 2.32 bits per heavy atom. The van der Waals surface area contributed by atoms with Crippen molar-refractivity contribution in [1.29, 1.82) is 0 Å². The van der Waals surface area contributed by atoms with Gasteiger partial charge in [0.1, 0.15) is 5.75 Å². The third-order valence-electron chi connectivity index (χ3n) is 4.78. The predicted molar refractivity (Wildman–Crippen MR) is 112 cm³/mol. The van der Waals surface area contributed by atoms with Crippen LogP contribution in [-0.2, 0) is 6.54 Å². The Kier molecular flexibility index (Phi) is 6.80. The van der Waals surface area contributed by atoms with E-state index >= 15 is 0 Å². The van der Waals surface area contributed by atoms with Gasteiger partial charge in [-0.05, 0) is 49.3 Å². The summed E-state index contributed by atoms with van der Waals surface area (Å²) in [7, 11) is 0. The maximum absolute atomic E-state index is 12.7. The van der Waals surface area contributed by atoms with Crippen LogP contribution in [0.15, 0.2) is 42.5 Å². The van der Waals surface area contributed by atoms with Gasteiger partial charge in [0.25, 0.3) is 0 Å². The number of hydrogen-bond acceptors (Lipinski definition) is 3. The van der Waals surface area contributed by atoms with E-state index in [2.05, 4.69) is 51.0 Å². The number of piperazine rings is 1. The van der Waals surface area contributed by atoms with Crippen molar-refractivity contribution in [2.24, 2.45) is 0 Å². The largest absolute Gasteiger partial charge is 0.433 e. The van der Waals surface area contributed by atoms with E-state index < -0.39 is 6.61 Å². The van der Waals surface area contributed by atoms with Crippen molar-refractivity contribution in [3.8, 4) is 5.75 Å². The number of rotatable bonds is 5. The molecule has 0 bridgehead atoms. The van der Waals surface area contributed by atoms with Crippen molar-refractivity contribution in [2.45, 2.75) is 27.0 Å². The Hall–Kier alpha value is -2.25. The number of halogens is 2. The molecule has 0 aliphatic carbocycles. The average molecular weight is 406 g/mol. The Labute approximate surface area is 170 Å². The SMILES string of the molecule is Cc1ccc(CN2CCN(C(=S)Nc3ccc(C)cc3OC(F)F)CC2)cc1. The predicted octanol–water partition coefficient (Wildman–Crippen LogP) is 4.42. The molecule has 0 unspecified atom stereocenters. The molecule has 1 fully saturated rings. The fourth-order valence-electron chi connectivity index (χ4n) is 3.18. The van der Waals surface area contributed by atoms with Gasteiger partial charge in [-0.2, -0.15) is 8.78 Å². The summed E-state index contributed by atoms with van der Waals surface area (Å²) in [5, 5.41) is 3.59. The first kappa shape index (κ1) is 20.5. The third-order valence-corrected chi connectivity index (χ3v) is 5.14. The first-order chi connectivity index (χ1) is 13.4. The lowest BCUT2D eigenvalue weighted by atomic mass is 10.1. The first-order valence-electron chi connectivity index (χ1n) is 9.30. The second kappa shape index (κ2) is 9.30. The molecular weight excluding hydrogens is 380 g/mol. The number of thiocarbonyl (C=S) groups is 1. The molecule has 28 heavy (non-hydrogen) atoms. The van der Waals surface area contributed by atoms with E-state index in [0.717, 1.165) is 38.3 Å². The number of anilines is 1. The van der Waals surface area contributed by atoms with Gasteiger partial charge in [0.2, 0.25) is 0 Å². The van der Waals surface area contributed by atoms with Crippen LogP contribution in [0.1, 0.15) is 16.7 Å². The smallest absolute Gasteiger partial charge is 0.387 e. The van der Waals surface area contributed by atoms with Gasteiger partial charge in [0.05, 0.1) is 5.69 Å². The summed E-state index contributed by atoms with van der Waals surface area (Å²) in [5.41, 5.74) is 3.86. The molecule has 0 spiro atoms. The molecule has 1 aliphatic rings. The van der Waals surface area contributed by atoms with E-state index in [4.69, 9.17) is 12.2 Å². The fraction of sp³-hybridized carbons (Fsp3) is 0.381. The van der Waals surface area contributed by atoms with Crippen LogP contribution in [0.4, 0.5) is 14.5 Å². The van der Waals surface area contributed by atoms with Gasteiger partial charge >= 0.3 is 6.61 Å². The summed E-state index contributed by atoms with van der Waals surface area (Å²) in [6.07, 6.45) is 0. The topological polar surface area (TPSA) is 27.7 Å². The van der Waals surface area contributed by atoms with Crippen molar-refractivity contribution in [2.75, 3.05) is 31.5 Å². The van der Waals surface area contributed by atoms with Crippen LogP contribution in [-0.4, -0.2) is 47.7 Å². The van der Waals surface area contributed by atoms with Crippen LogP contribution in [0.25, 0.3) is 0 Å². The van der Waals surface area contributed by atoms with Crippen LogP contribution >= 0.6 is 12.2 Å². The molecule has 1 heterocycles. The molecule has 2 aromatic rings. The molecule has 1 saturated heterocycles. The molecule has 0 aromatic heterocycles. The van der Waals surface area contributed by atoms with E-state index in [1.54, 1.807) is 12.1 Å². The quantitative estimate of drug-likeness (QED) is 0.744. The molecule has 4 nitrogen and oxygen atoms in total. The van der Waals surface area contributed by atoms with Gasteiger partial charge in [0.15, 0.2) is 5.11 Å². The number of hydrogen-bond donors (Lipinski definition) is 1. The van der Waals surface area contributed by atoms with Gasteiger partial charge in [-0.15, -0.1) is 0 Å². The molecule has 2 aromatic carbocycles. The van der Waals surface area contributed by atoms with Crippen LogP contribution in [0.3, 0.4) is 0 Å². The summed E-state index contributed by atoms with van der Waals surface area (Å²) < 4.78 is 30.0. The second-order valence-corrected chi connectivity index (χ2v) is 7.44. The lowest BCUT2D eigenvalue weighted by Gasteiger charge is -2.36. The zero-order valence-corrected chi connectivity index (χ0v) is 16.9. The highest BCUT2D eigenvalue weighted by atomic mass is 32.1. The highest BCUT2D eigenvalue weighted by Gasteiger charge is 2.20. The Bertz CT molecular complexity index is 806. The zero-order chi connectivity index (χ0) is 20.1. The maximum atomic E-state index is 12.7. The van der Waals surface area contributed by atoms with Gasteiger partial charge < -0.3 is 15.0 Å². The van der Waals surface area contributed by atoms with Crippen molar-refractivity contribution < 1.29 is 13.5 Å². The number of nitrogens with zero attached hydrogens (tertiary/aromatic N) is 2. The molecule has 0 saturated carbocycles. The van der Waals surface area contributed by atoms with Crippen molar-refractivity contribution >= 4 is 23.0 Å². The minimum Gasteiger partial charge on any atom is -0.433 e. The Morgan fingerprint density at radius 2 is 1.68 bits per heavy atom. The number of nitrogens with one attached hydrogen (secondary N) is 1. The summed E-state index contributed by atoms with van der Waals surface area (Å²) in [6, 6.07) is 13.7. The zero-order valence-electron chi connectivity index (χ0n) is 16.1. The lowest BCUT2D eigenvalue weighted by molar-refractivity contribution is -0.0493. The van der Waals surface area contributed by atoms with Crippen molar-refractivity contribution in [3.63, 3.8) is 0 Å². The van der Waals surface area contributed by atoms with E-state index in [0.29, 0.717) is 10.8 Å². The average Bonchev–Trinajstić information content (AvgIpc) is 2.66. The molecule has 7 heteroatoms. The Morgan fingerprint density at radius 1 is 1.04 bits per heavy atom. The summed E-state index contributed by atoms with van der Waals surface area (Å²) in [4.78, 5) is 4.45. The van der Waals surface area contributed by atoms with Crippen LogP contribution in [0.2, 0.25) is 0 Å². The normalized spacial score (nSPS) is 15.0. The number of ether oxygens (including phenoxy) is 1. The fourth-order valence-corrected chi connectivity index (χ4v) is 3.47. The minimum atomic E-state index is -2.87. The maximum Gasteiger partial charge on any atom is 0.387 e. The standard InChI is InChI=1S/C21H25F2N3OS/c1-15-3-6-17(7-4-15)14-25-9-11-26(12-10-25)21(28)24-18-8-5-16(2)13-19(18)27-20(22)23/h3-8,13,20H,9-12,14H2,1-2H3,(H,24,28). The highest BCUT2D eigenvalue weighted by molar-refractivity contribution is 7.80. The van der Waals surface area contributed by atoms with E-state index in [1.165, 1.54) is 11.1 Å². The third kappa shape index (κ3) is 5.62. The van der Waals surface area contributed by atoms with E-state index in [-0.39, 0.29) is 5.75 Å². The first-order valence-corrected chi connectivity index (χ1v) is 9.71. The van der Waals surface area contributed by atoms with Crippen LogP contribution in [0, 0.1) is 13.8 Å². The molecular formula is C21H25F2N3OS. The number of alkyl halides is 2. The second-order valence-electron chi connectivity index (χ2n) is 7.06. The van der Waals surface area contributed by atoms with Crippen LogP contribution in [0.5, 0.6) is 5.75 Å². The summed E-state index contributed by atoms with van der Waals surface area (Å²) in [6.45, 7) is 5.31. The summed E-state index contributed by atoms with van der Waals surface area (Å²) >= 11 is 5.50. The lowest BCUT2D eigenvalue weighted by Crippen LogP contribution is -2.49. The van der Waals surface area contributed by atoms with Crippen molar-refractivity contribution in [3.05, 3.63) is 59.2 Å². The van der Waals surface area contributed by atoms with E-state index in [9.17, 15) is 8.78 Å². The molecule has 1 aliphatic heterocycles. The molecule has 3 rings (SSSR count). The van der Waals surface area contributed by atoms with Gasteiger partial charge in [-0.1, -0.05) is 35.9 Å². The van der Waals surface area contributed by atoms with Gasteiger partial charge in [-0.25, -0.2) is 0 Å². The minimum absolute atomic E-state index is 0.107. The molecule has 0 amide bonds. The monoisotopic (exact) mass is 405 g/mol. The van der Waals surface area contributed by atoms with Gasteiger partial charge in [0, 0.05) is 32.7 Å². The van der Waals surface area contributed by atoms with Gasteiger partial charge in [-0.3, -0.25) is 4.90 Å².